The number of rotatable bonds is 4. The minimum absolute atomic E-state index is 0.185. The molecule has 1 unspecified atom stereocenters. The molecule has 0 fully saturated rings. The molecule has 0 heterocycles. The van der Waals surface area contributed by atoms with Crippen LogP contribution in [0.4, 0.5) is 0 Å². The topological polar surface area (TPSA) is 63.6 Å². The summed E-state index contributed by atoms with van der Waals surface area (Å²) in [5, 5.41) is 9.27. The zero-order valence-corrected chi connectivity index (χ0v) is 12.7. The fourth-order valence-corrected chi connectivity index (χ4v) is 2.20. The van der Waals surface area contributed by atoms with Gasteiger partial charge in [0, 0.05) is 4.47 Å². The van der Waals surface area contributed by atoms with Gasteiger partial charge in [-0.25, -0.2) is 0 Å². The molecule has 0 aliphatic heterocycles. The molecule has 0 spiro atoms. The van der Waals surface area contributed by atoms with Gasteiger partial charge in [0.15, 0.2) is 0 Å². The highest BCUT2D eigenvalue weighted by molar-refractivity contribution is 9.10. The largest absolute Gasteiger partial charge is 0.481 e. The zero-order chi connectivity index (χ0) is 14.6. The zero-order valence-electron chi connectivity index (χ0n) is 11.1. The quantitative estimate of drug-likeness (QED) is 0.861. The fraction of sp³-hybridized carbons (Fsp3) is 0.429. The van der Waals surface area contributed by atoms with Gasteiger partial charge in [0.1, 0.15) is 5.60 Å². The van der Waals surface area contributed by atoms with Crippen LogP contribution in [0.15, 0.2) is 28.7 Å². The number of carboxylic acid groups (broad SMARTS) is 1. The van der Waals surface area contributed by atoms with Crippen molar-refractivity contribution in [3.05, 3.63) is 34.3 Å². The molecule has 0 aromatic heterocycles. The average molecular weight is 329 g/mol. The first-order valence-electron chi connectivity index (χ1n) is 5.90. The minimum atomic E-state index is -1.04. The summed E-state index contributed by atoms with van der Waals surface area (Å²) in [5.41, 5.74) is -0.0468. The van der Waals surface area contributed by atoms with E-state index in [-0.39, 0.29) is 6.42 Å². The first-order chi connectivity index (χ1) is 8.70. The van der Waals surface area contributed by atoms with Crippen LogP contribution in [-0.4, -0.2) is 22.6 Å². The minimum Gasteiger partial charge on any atom is -0.481 e. The number of carbonyl (C=O) groups excluding carboxylic acids is 1. The van der Waals surface area contributed by atoms with E-state index in [2.05, 4.69) is 15.9 Å². The molecule has 0 radical (unpaired) electrons. The van der Waals surface area contributed by atoms with E-state index >= 15 is 0 Å². The third kappa shape index (κ3) is 5.03. The van der Waals surface area contributed by atoms with Crippen LogP contribution in [0.2, 0.25) is 0 Å². The summed E-state index contributed by atoms with van der Waals surface area (Å²) in [5.74, 6) is -2.47. The summed E-state index contributed by atoms with van der Waals surface area (Å²) in [4.78, 5) is 23.1. The lowest BCUT2D eigenvalue weighted by molar-refractivity contribution is -0.158. The number of carboxylic acids is 1. The molecule has 104 valence electrons. The molecule has 1 rings (SSSR count). The van der Waals surface area contributed by atoms with Crippen LogP contribution >= 0.6 is 15.9 Å². The molecule has 0 amide bonds. The summed E-state index contributed by atoms with van der Waals surface area (Å²) in [7, 11) is 0. The second-order valence-corrected chi connectivity index (χ2v) is 6.06. The molecule has 0 saturated heterocycles. The Morgan fingerprint density at radius 3 is 2.37 bits per heavy atom. The maximum absolute atomic E-state index is 11.8. The van der Waals surface area contributed by atoms with Crippen LogP contribution in [0.1, 0.15) is 38.7 Å². The molecule has 5 heteroatoms. The number of aliphatic carboxylic acids is 1. The van der Waals surface area contributed by atoms with Crippen LogP contribution in [0.5, 0.6) is 0 Å². The third-order valence-corrected chi connectivity index (χ3v) is 3.09. The van der Waals surface area contributed by atoms with Crippen molar-refractivity contribution in [3.63, 3.8) is 0 Å². The highest BCUT2D eigenvalue weighted by Gasteiger charge is 2.27. The van der Waals surface area contributed by atoms with Crippen LogP contribution < -0.4 is 0 Å². The molecule has 1 aromatic rings. The maximum atomic E-state index is 11.8. The summed E-state index contributed by atoms with van der Waals surface area (Å²) < 4.78 is 5.83. The van der Waals surface area contributed by atoms with E-state index in [4.69, 9.17) is 4.74 Å². The van der Waals surface area contributed by atoms with Gasteiger partial charge in [-0.15, -0.1) is 0 Å². The molecule has 0 aliphatic rings. The van der Waals surface area contributed by atoms with E-state index in [9.17, 15) is 14.7 Å². The van der Waals surface area contributed by atoms with Crippen molar-refractivity contribution in [3.8, 4) is 0 Å². The number of halogens is 1. The van der Waals surface area contributed by atoms with E-state index < -0.39 is 23.5 Å². The van der Waals surface area contributed by atoms with Gasteiger partial charge in [-0.2, -0.15) is 0 Å². The highest BCUT2D eigenvalue weighted by Crippen LogP contribution is 2.28. The number of hydrogen-bond acceptors (Lipinski definition) is 3. The number of esters is 1. The Balaban J connectivity index is 2.89. The highest BCUT2D eigenvalue weighted by atomic mass is 79.9. The van der Waals surface area contributed by atoms with Crippen molar-refractivity contribution in [1.82, 2.24) is 0 Å². The summed E-state index contributed by atoms with van der Waals surface area (Å²) in [6.45, 7) is 5.25. The number of hydrogen-bond donors (Lipinski definition) is 1. The molecule has 1 atom stereocenters. The summed E-state index contributed by atoms with van der Waals surface area (Å²) in [6, 6.07) is 6.97. The fourth-order valence-electron chi connectivity index (χ4n) is 1.64. The molecule has 1 N–H and O–H groups in total. The van der Waals surface area contributed by atoms with E-state index in [0.717, 1.165) is 0 Å². The van der Waals surface area contributed by atoms with Crippen LogP contribution in [-0.2, 0) is 14.3 Å². The van der Waals surface area contributed by atoms with Crippen molar-refractivity contribution < 1.29 is 19.4 Å². The van der Waals surface area contributed by atoms with E-state index in [1.807, 2.05) is 0 Å². The van der Waals surface area contributed by atoms with Crippen molar-refractivity contribution in [1.29, 1.82) is 0 Å². The Morgan fingerprint density at radius 2 is 1.89 bits per heavy atom. The molecule has 0 saturated carbocycles. The Hall–Kier alpha value is -1.36. The van der Waals surface area contributed by atoms with Gasteiger partial charge in [-0.1, -0.05) is 34.1 Å². The Labute approximate surface area is 120 Å². The SMILES string of the molecule is CC(C)(C)OC(=O)CC(C(=O)O)c1ccccc1Br. The number of carbonyl (C=O) groups is 2. The van der Waals surface area contributed by atoms with Crippen LogP contribution in [0, 0.1) is 0 Å². The van der Waals surface area contributed by atoms with Gasteiger partial charge < -0.3 is 9.84 Å². The van der Waals surface area contributed by atoms with Crippen LogP contribution in [0.3, 0.4) is 0 Å². The van der Waals surface area contributed by atoms with Crippen molar-refractivity contribution >= 4 is 27.9 Å². The van der Waals surface area contributed by atoms with Crippen LogP contribution in [0.25, 0.3) is 0 Å². The van der Waals surface area contributed by atoms with E-state index in [0.29, 0.717) is 10.0 Å². The molecule has 19 heavy (non-hydrogen) atoms. The molecule has 4 nitrogen and oxygen atoms in total. The van der Waals surface area contributed by atoms with Gasteiger partial charge >= 0.3 is 11.9 Å². The van der Waals surface area contributed by atoms with Gasteiger partial charge in [0.2, 0.25) is 0 Å². The first kappa shape index (κ1) is 15.7. The normalized spacial score (nSPS) is 12.8. The monoisotopic (exact) mass is 328 g/mol. The van der Waals surface area contributed by atoms with Gasteiger partial charge in [-0.3, -0.25) is 9.59 Å². The molecule has 0 aliphatic carbocycles. The Kier molecular flexibility index (Phi) is 5.11. The van der Waals surface area contributed by atoms with Gasteiger partial charge in [0.05, 0.1) is 12.3 Å². The molecular weight excluding hydrogens is 312 g/mol. The summed E-state index contributed by atoms with van der Waals surface area (Å²) >= 11 is 3.30. The van der Waals surface area contributed by atoms with Crippen molar-refractivity contribution in [2.45, 2.75) is 38.7 Å². The summed E-state index contributed by atoms with van der Waals surface area (Å²) in [6.07, 6.45) is -0.185. The molecule has 0 bridgehead atoms. The van der Waals surface area contributed by atoms with Gasteiger partial charge in [0.25, 0.3) is 0 Å². The predicted octanol–water partition coefficient (Wildman–Crippen LogP) is 3.35. The van der Waals surface area contributed by atoms with Gasteiger partial charge in [-0.05, 0) is 32.4 Å². The van der Waals surface area contributed by atoms with E-state index in [1.54, 1.807) is 45.0 Å². The second-order valence-electron chi connectivity index (χ2n) is 5.20. The smallest absolute Gasteiger partial charge is 0.311 e. The second kappa shape index (κ2) is 6.19. The lowest BCUT2D eigenvalue weighted by Crippen LogP contribution is -2.26. The van der Waals surface area contributed by atoms with Crippen molar-refractivity contribution in [2.75, 3.05) is 0 Å². The third-order valence-electron chi connectivity index (χ3n) is 2.37. The Bertz CT molecular complexity index is 477. The number of ether oxygens (including phenoxy) is 1. The van der Waals surface area contributed by atoms with Crippen molar-refractivity contribution in [2.24, 2.45) is 0 Å². The van der Waals surface area contributed by atoms with E-state index in [1.165, 1.54) is 0 Å². The molecular formula is C14H17BrO4. The lowest BCUT2D eigenvalue weighted by atomic mass is 9.96. The first-order valence-corrected chi connectivity index (χ1v) is 6.69. The maximum Gasteiger partial charge on any atom is 0.311 e. The standard InChI is InChI=1S/C14H17BrO4/c1-14(2,3)19-12(16)8-10(13(17)18)9-6-4-5-7-11(9)15/h4-7,10H,8H2,1-3H3,(H,17,18). The number of benzene rings is 1. The average Bonchev–Trinajstić information content (AvgIpc) is 2.24. The predicted molar refractivity (Wildman–Crippen MR) is 75.0 cm³/mol. The Morgan fingerprint density at radius 1 is 1.32 bits per heavy atom. The lowest BCUT2D eigenvalue weighted by Gasteiger charge is -2.21. The molecule has 1 aromatic carbocycles.